The average Bonchev–Trinajstić information content (AvgIpc) is 3.34. The number of thiazole rings is 1. The quantitative estimate of drug-likeness (QED) is 0.249. The average molecular weight is 583 g/mol. The van der Waals surface area contributed by atoms with Crippen LogP contribution in [-0.2, 0) is 10.0 Å². The van der Waals surface area contributed by atoms with Gasteiger partial charge in [0.15, 0.2) is 5.13 Å². The first-order chi connectivity index (χ1) is 17.8. The molecule has 11 heteroatoms. The van der Waals surface area contributed by atoms with Crippen molar-refractivity contribution >= 4 is 55.0 Å². The lowest BCUT2D eigenvalue weighted by Crippen LogP contribution is -2.39. The van der Waals surface area contributed by atoms with Gasteiger partial charge in [-0.2, -0.15) is 4.31 Å². The number of benzene rings is 2. The second-order valence-electron chi connectivity index (χ2n) is 8.69. The molecule has 0 bridgehead atoms. The summed E-state index contributed by atoms with van der Waals surface area (Å²) < 4.78 is 34.0. The van der Waals surface area contributed by atoms with Crippen molar-refractivity contribution in [1.29, 1.82) is 0 Å². The first kappa shape index (κ1) is 32.0. The Balaban J connectivity index is 0.00000507. The third kappa shape index (κ3) is 7.45. The zero-order valence-electron chi connectivity index (χ0n) is 22.8. The Morgan fingerprint density at radius 3 is 2.21 bits per heavy atom. The van der Waals surface area contributed by atoms with Gasteiger partial charge in [-0.1, -0.05) is 45.5 Å². The van der Waals surface area contributed by atoms with Crippen LogP contribution in [0.5, 0.6) is 5.75 Å². The van der Waals surface area contributed by atoms with Crippen LogP contribution in [0.3, 0.4) is 0 Å². The number of ether oxygens (including phenoxy) is 1. The first-order valence-corrected chi connectivity index (χ1v) is 15.1. The van der Waals surface area contributed by atoms with Gasteiger partial charge in [-0.05, 0) is 62.0 Å². The summed E-state index contributed by atoms with van der Waals surface area (Å²) in [7, 11) is -1.99. The molecule has 1 heterocycles. The Bertz CT molecular complexity index is 1280. The molecule has 0 radical (unpaired) electrons. The van der Waals surface area contributed by atoms with Crippen LogP contribution in [-0.4, -0.2) is 74.9 Å². The van der Waals surface area contributed by atoms with Crippen LogP contribution < -0.4 is 9.64 Å². The fourth-order valence-corrected chi connectivity index (χ4v) is 6.56. The number of aromatic nitrogens is 1. The van der Waals surface area contributed by atoms with E-state index in [0.717, 1.165) is 41.9 Å². The number of hydrogen-bond acceptors (Lipinski definition) is 7. The maximum absolute atomic E-state index is 13.7. The van der Waals surface area contributed by atoms with E-state index in [1.54, 1.807) is 24.1 Å². The Morgan fingerprint density at radius 2 is 1.63 bits per heavy atom. The van der Waals surface area contributed by atoms with E-state index in [0.29, 0.717) is 36.9 Å². The summed E-state index contributed by atoms with van der Waals surface area (Å²) >= 11 is 1.44. The second-order valence-corrected chi connectivity index (χ2v) is 11.6. The van der Waals surface area contributed by atoms with Gasteiger partial charge in [0.25, 0.3) is 5.91 Å². The largest absolute Gasteiger partial charge is 0.497 e. The van der Waals surface area contributed by atoms with E-state index in [1.807, 2.05) is 32.0 Å². The van der Waals surface area contributed by atoms with Crippen molar-refractivity contribution in [2.24, 2.45) is 0 Å². The van der Waals surface area contributed by atoms with Gasteiger partial charge in [0.2, 0.25) is 10.0 Å². The number of anilines is 1. The van der Waals surface area contributed by atoms with Gasteiger partial charge < -0.3 is 9.64 Å². The van der Waals surface area contributed by atoms with Crippen molar-refractivity contribution in [2.75, 3.05) is 51.3 Å². The Morgan fingerprint density at radius 1 is 0.947 bits per heavy atom. The SMILES string of the molecule is CCCCN(CC)S(=O)(=O)c1ccc(C(=O)N(CCN(CC)CC)c2nc3ccc(OC)cc3s2)cc1.Cl. The maximum Gasteiger partial charge on any atom is 0.260 e. The minimum absolute atomic E-state index is 0. The minimum Gasteiger partial charge on any atom is -0.497 e. The molecular formula is C27H39ClN4O4S2. The van der Waals surface area contributed by atoms with E-state index in [4.69, 9.17) is 9.72 Å². The number of rotatable bonds is 14. The molecule has 8 nitrogen and oxygen atoms in total. The lowest BCUT2D eigenvalue weighted by atomic mass is 10.2. The van der Waals surface area contributed by atoms with Crippen LogP contribution in [0.25, 0.3) is 10.2 Å². The van der Waals surface area contributed by atoms with Gasteiger partial charge in [-0.3, -0.25) is 9.69 Å². The van der Waals surface area contributed by atoms with Gasteiger partial charge in [-0.25, -0.2) is 13.4 Å². The highest BCUT2D eigenvalue weighted by Gasteiger charge is 2.25. The molecule has 2 aromatic carbocycles. The van der Waals surface area contributed by atoms with Crippen molar-refractivity contribution in [1.82, 2.24) is 14.2 Å². The van der Waals surface area contributed by atoms with Crippen molar-refractivity contribution in [3.63, 3.8) is 0 Å². The zero-order chi connectivity index (χ0) is 27.0. The Hall–Kier alpha value is -2.24. The molecule has 0 aliphatic rings. The van der Waals surface area contributed by atoms with E-state index >= 15 is 0 Å². The standard InChI is InChI=1S/C27H38N4O4S2.ClH/c1-6-10-17-30(9-4)37(33,34)23-14-11-21(12-15-23)26(32)31(19-18-29(7-2)8-3)27-28-24-16-13-22(35-5)20-25(24)36-27;/h11-16,20H,6-10,17-19H2,1-5H3;1H. The summed E-state index contributed by atoms with van der Waals surface area (Å²) in [5, 5.41) is 0.605. The first-order valence-electron chi connectivity index (χ1n) is 12.9. The summed E-state index contributed by atoms with van der Waals surface area (Å²) in [4.78, 5) is 22.6. The summed E-state index contributed by atoms with van der Waals surface area (Å²) in [6, 6.07) is 11.9. The van der Waals surface area contributed by atoms with Crippen molar-refractivity contribution in [3.05, 3.63) is 48.0 Å². The number of carbonyl (C=O) groups excluding carboxylic acids is 1. The summed E-state index contributed by atoms with van der Waals surface area (Å²) in [5.74, 6) is 0.529. The highest BCUT2D eigenvalue weighted by atomic mass is 35.5. The molecule has 0 saturated heterocycles. The zero-order valence-corrected chi connectivity index (χ0v) is 25.3. The van der Waals surface area contributed by atoms with Crippen molar-refractivity contribution in [2.45, 2.75) is 45.4 Å². The van der Waals surface area contributed by atoms with Gasteiger partial charge in [0.05, 0.1) is 22.2 Å². The van der Waals surface area contributed by atoms with Crippen LogP contribution in [0, 0.1) is 0 Å². The molecule has 0 unspecified atom stereocenters. The molecule has 0 aliphatic carbocycles. The second kappa shape index (κ2) is 14.8. The normalized spacial score (nSPS) is 11.7. The lowest BCUT2D eigenvalue weighted by molar-refractivity contribution is 0.0983. The summed E-state index contributed by atoms with van der Waals surface area (Å²) in [5.41, 5.74) is 1.22. The van der Waals surface area contributed by atoms with E-state index in [9.17, 15) is 13.2 Å². The van der Waals surface area contributed by atoms with Crippen molar-refractivity contribution in [3.8, 4) is 5.75 Å². The number of sulfonamides is 1. The molecule has 1 aromatic heterocycles. The lowest BCUT2D eigenvalue weighted by Gasteiger charge is -2.25. The third-order valence-electron chi connectivity index (χ3n) is 6.45. The predicted molar refractivity (Wildman–Crippen MR) is 159 cm³/mol. The molecule has 0 spiro atoms. The monoisotopic (exact) mass is 582 g/mol. The van der Waals surface area contributed by atoms with Crippen molar-refractivity contribution < 1.29 is 17.9 Å². The molecule has 3 rings (SSSR count). The number of likely N-dealkylation sites (N-methyl/N-ethyl adjacent to an activating group) is 1. The molecule has 1 amide bonds. The highest BCUT2D eigenvalue weighted by molar-refractivity contribution is 7.89. The smallest absolute Gasteiger partial charge is 0.260 e. The number of amides is 1. The van der Waals surface area contributed by atoms with E-state index < -0.39 is 10.0 Å². The Kier molecular flexibility index (Phi) is 12.4. The summed E-state index contributed by atoms with van der Waals surface area (Å²) in [6.45, 7) is 11.9. The van der Waals surface area contributed by atoms with Crippen LogP contribution >= 0.6 is 23.7 Å². The molecule has 0 saturated carbocycles. The Labute approximate surface area is 237 Å². The molecule has 210 valence electrons. The number of nitrogens with zero attached hydrogens (tertiary/aromatic N) is 4. The minimum atomic E-state index is -3.61. The fraction of sp³-hybridized carbons (Fsp3) is 0.481. The number of carbonyl (C=O) groups is 1. The van der Waals surface area contributed by atoms with Crippen LogP contribution in [0.2, 0.25) is 0 Å². The molecular weight excluding hydrogens is 544 g/mol. The fourth-order valence-electron chi connectivity index (χ4n) is 4.06. The van der Waals surface area contributed by atoms with Gasteiger partial charge >= 0.3 is 0 Å². The number of unbranched alkanes of at least 4 members (excludes halogenated alkanes) is 1. The maximum atomic E-state index is 13.7. The molecule has 0 atom stereocenters. The van der Waals surface area contributed by atoms with Crippen LogP contribution in [0.4, 0.5) is 5.13 Å². The third-order valence-corrected chi connectivity index (χ3v) is 9.48. The number of hydrogen-bond donors (Lipinski definition) is 0. The van der Waals surface area contributed by atoms with E-state index in [2.05, 4.69) is 18.7 Å². The van der Waals surface area contributed by atoms with Gasteiger partial charge in [-0.15, -0.1) is 12.4 Å². The molecule has 3 aromatic rings. The van der Waals surface area contributed by atoms with E-state index in [1.165, 1.54) is 27.8 Å². The van der Waals surface area contributed by atoms with Gasteiger partial charge in [0, 0.05) is 31.7 Å². The molecule has 0 aliphatic heterocycles. The van der Waals surface area contributed by atoms with Crippen LogP contribution in [0.15, 0.2) is 47.4 Å². The molecule has 38 heavy (non-hydrogen) atoms. The molecule has 0 N–H and O–H groups in total. The number of halogens is 1. The molecule has 0 fully saturated rings. The van der Waals surface area contributed by atoms with Gasteiger partial charge in [0.1, 0.15) is 5.75 Å². The number of methoxy groups -OCH3 is 1. The topological polar surface area (TPSA) is 83.1 Å². The van der Waals surface area contributed by atoms with Crippen LogP contribution in [0.1, 0.15) is 50.9 Å². The predicted octanol–water partition coefficient (Wildman–Crippen LogP) is 5.53. The van der Waals surface area contributed by atoms with E-state index in [-0.39, 0.29) is 23.2 Å². The number of fused-ring (bicyclic) bond motifs is 1. The summed E-state index contributed by atoms with van der Waals surface area (Å²) in [6.07, 6.45) is 1.72. The highest BCUT2D eigenvalue weighted by Crippen LogP contribution is 2.32.